The fourth-order valence-electron chi connectivity index (χ4n) is 3.26. The molecule has 0 aromatic heterocycles. The molecule has 6 heteroatoms. The van der Waals surface area contributed by atoms with E-state index in [1.165, 1.54) is 4.90 Å². The first-order valence-corrected chi connectivity index (χ1v) is 9.26. The summed E-state index contributed by atoms with van der Waals surface area (Å²) in [6.45, 7) is 4.72. The van der Waals surface area contributed by atoms with Crippen LogP contribution in [0.5, 0.6) is 5.75 Å². The van der Waals surface area contributed by atoms with Gasteiger partial charge in [0.1, 0.15) is 5.75 Å². The summed E-state index contributed by atoms with van der Waals surface area (Å²) < 4.78 is 5.32. The molecule has 0 atom stereocenters. The molecule has 1 aliphatic heterocycles. The Hall–Kier alpha value is -2.24. The van der Waals surface area contributed by atoms with E-state index in [-0.39, 0.29) is 5.91 Å². The van der Waals surface area contributed by atoms with E-state index in [0.29, 0.717) is 13.1 Å². The minimum Gasteiger partial charge on any atom is -0.496 e. The van der Waals surface area contributed by atoms with Crippen LogP contribution in [0.4, 0.5) is 5.69 Å². The molecule has 5 nitrogen and oxygen atoms in total. The van der Waals surface area contributed by atoms with Gasteiger partial charge in [-0.15, -0.1) is 0 Å². The van der Waals surface area contributed by atoms with E-state index in [4.69, 9.17) is 16.3 Å². The minimum absolute atomic E-state index is 0.0714. The van der Waals surface area contributed by atoms with Crippen LogP contribution < -0.4 is 19.9 Å². The highest BCUT2D eigenvalue weighted by Gasteiger charge is 2.22. The van der Waals surface area contributed by atoms with Gasteiger partial charge in [0, 0.05) is 22.8 Å². The average molecular weight is 375 g/mol. The van der Waals surface area contributed by atoms with Crippen molar-refractivity contribution >= 4 is 23.2 Å². The van der Waals surface area contributed by atoms with Crippen molar-refractivity contribution in [3.8, 4) is 5.75 Å². The van der Waals surface area contributed by atoms with E-state index in [1.807, 2.05) is 42.5 Å². The number of hydrogen-bond donors (Lipinski definition) is 2. The highest BCUT2D eigenvalue weighted by atomic mass is 35.5. The zero-order valence-corrected chi connectivity index (χ0v) is 15.8. The molecule has 2 aromatic carbocycles. The number of rotatable bonds is 6. The van der Waals surface area contributed by atoms with E-state index in [0.717, 1.165) is 48.2 Å². The second kappa shape index (κ2) is 8.92. The van der Waals surface area contributed by atoms with Gasteiger partial charge in [0.15, 0.2) is 6.54 Å². The van der Waals surface area contributed by atoms with E-state index in [9.17, 15) is 4.79 Å². The van der Waals surface area contributed by atoms with Crippen molar-refractivity contribution in [3.63, 3.8) is 0 Å². The van der Waals surface area contributed by atoms with Crippen molar-refractivity contribution in [1.82, 2.24) is 5.32 Å². The third-order valence-corrected chi connectivity index (χ3v) is 4.96. The molecular weight excluding hydrogens is 350 g/mol. The molecule has 138 valence electrons. The van der Waals surface area contributed by atoms with E-state index in [2.05, 4.69) is 16.3 Å². The van der Waals surface area contributed by atoms with Crippen LogP contribution in [0, 0.1) is 0 Å². The van der Waals surface area contributed by atoms with Gasteiger partial charge < -0.3 is 19.9 Å². The van der Waals surface area contributed by atoms with Crippen LogP contribution >= 0.6 is 11.6 Å². The topological polar surface area (TPSA) is 46.0 Å². The molecule has 0 bridgehead atoms. The van der Waals surface area contributed by atoms with Crippen LogP contribution in [-0.2, 0) is 11.3 Å². The molecule has 26 heavy (non-hydrogen) atoms. The van der Waals surface area contributed by atoms with E-state index >= 15 is 0 Å². The number of carbonyl (C=O) groups excluding carboxylic acids is 1. The van der Waals surface area contributed by atoms with Crippen molar-refractivity contribution in [2.24, 2.45) is 0 Å². The van der Waals surface area contributed by atoms with Crippen LogP contribution in [0.15, 0.2) is 48.5 Å². The molecule has 2 aromatic rings. The number of anilines is 1. The number of ether oxygens (including phenoxy) is 1. The monoisotopic (exact) mass is 374 g/mol. The first-order chi connectivity index (χ1) is 12.7. The summed E-state index contributed by atoms with van der Waals surface area (Å²) >= 11 is 6.07. The smallest absolute Gasteiger partial charge is 0.275 e. The number of nitrogens with one attached hydrogen (secondary N) is 2. The Labute approximate surface area is 159 Å². The molecule has 1 fully saturated rings. The van der Waals surface area contributed by atoms with Gasteiger partial charge in [-0.3, -0.25) is 4.79 Å². The first-order valence-electron chi connectivity index (χ1n) is 8.88. The second-order valence-corrected chi connectivity index (χ2v) is 6.92. The predicted molar refractivity (Wildman–Crippen MR) is 104 cm³/mol. The quantitative estimate of drug-likeness (QED) is 0.802. The number of amides is 1. The van der Waals surface area contributed by atoms with Gasteiger partial charge in [-0.05, 0) is 24.3 Å². The van der Waals surface area contributed by atoms with E-state index < -0.39 is 0 Å². The summed E-state index contributed by atoms with van der Waals surface area (Å²) in [7, 11) is 1.64. The zero-order chi connectivity index (χ0) is 18.4. The van der Waals surface area contributed by atoms with Crippen LogP contribution in [0.3, 0.4) is 0 Å². The van der Waals surface area contributed by atoms with Crippen LogP contribution in [-0.4, -0.2) is 45.7 Å². The summed E-state index contributed by atoms with van der Waals surface area (Å²) in [5.74, 6) is 0.873. The van der Waals surface area contributed by atoms with Crippen LogP contribution in [0.2, 0.25) is 5.02 Å². The summed E-state index contributed by atoms with van der Waals surface area (Å²) in [5, 5.41) is 3.76. The Morgan fingerprint density at radius 1 is 1.19 bits per heavy atom. The summed E-state index contributed by atoms with van der Waals surface area (Å²) in [5.41, 5.74) is 2.14. The number of halogens is 1. The van der Waals surface area contributed by atoms with Gasteiger partial charge in [0.2, 0.25) is 0 Å². The normalized spacial score (nSPS) is 14.9. The van der Waals surface area contributed by atoms with Gasteiger partial charge in [-0.2, -0.15) is 0 Å². The van der Waals surface area contributed by atoms with Crippen molar-refractivity contribution < 1.29 is 14.4 Å². The van der Waals surface area contributed by atoms with Crippen molar-refractivity contribution in [2.45, 2.75) is 6.54 Å². The number of quaternary nitrogens is 1. The molecule has 1 amide bonds. The molecule has 2 N–H and O–H groups in total. The average Bonchev–Trinajstić information content (AvgIpc) is 2.67. The maximum Gasteiger partial charge on any atom is 0.275 e. The van der Waals surface area contributed by atoms with Crippen LogP contribution in [0.25, 0.3) is 0 Å². The van der Waals surface area contributed by atoms with E-state index in [1.54, 1.807) is 7.11 Å². The third kappa shape index (κ3) is 4.90. The number of methoxy groups -OCH3 is 1. The Kier molecular flexibility index (Phi) is 6.36. The molecule has 0 spiro atoms. The lowest BCUT2D eigenvalue weighted by molar-refractivity contribution is -0.892. The fourth-order valence-corrected chi connectivity index (χ4v) is 3.45. The van der Waals surface area contributed by atoms with Gasteiger partial charge in [0.25, 0.3) is 5.91 Å². The lowest BCUT2D eigenvalue weighted by Gasteiger charge is -2.33. The van der Waals surface area contributed by atoms with Gasteiger partial charge in [0.05, 0.1) is 33.3 Å². The fraction of sp³-hybridized carbons (Fsp3) is 0.350. The minimum atomic E-state index is 0.0714. The summed E-state index contributed by atoms with van der Waals surface area (Å²) in [6.07, 6.45) is 0. The highest BCUT2D eigenvalue weighted by Crippen LogP contribution is 2.19. The zero-order valence-electron chi connectivity index (χ0n) is 15.0. The largest absolute Gasteiger partial charge is 0.496 e. The first kappa shape index (κ1) is 18.5. The number of piperazine rings is 1. The molecule has 0 radical (unpaired) electrons. The lowest BCUT2D eigenvalue weighted by Crippen LogP contribution is -3.15. The maximum atomic E-state index is 12.3. The second-order valence-electron chi connectivity index (χ2n) is 6.48. The Morgan fingerprint density at radius 2 is 1.96 bits per heavy atom. The Bertz CT molecular complexity index is 745. The molecule has 1 aliphatic rings. The SMILES string of the molecule is COc1ccccc1CNC(=O)C[NH+]1CCN(c2cccc(Cl)c2)CC1. The third-order valence-electron chi connectivity index (χ3n) is 4.72. The van der Waals surface area contributed by atoms with Gasteiger partial charge >= 0.3 is 0 Å². The summed E-state index contributed by atoms with van der Waals surface area (Å²) in [6, 6.07) is 15.7. The standard InChI is InChI=1S/C20H24ClN3O2/c1-26-19-8-3-2-5-16(19)14-22-20(25)15-23-9-11-24(12-10-23)18-7-4-6-17(21)13-18/h2-8,13H,9-12,14-15H2,1H3,(H,22,25)/p+1. The van der Waals surface area contributed by atoms with Crippen molar-refractivity contribution in [1.29, 1.82) is 0 Å². The lowest BCUT2D eigenvalue weighted by atomic mass is 10.2. The molecule has 1 saturated heterocycles. The molecular formula is C20H25ClN3O2+. The highest BCUT2D eigenvalue weighted by molar-refractivity contribution is 6.30. The Balaban J connectivity index is 1.45. The summed E-state index contributed by atoms with van der Waals surface area (Å²) in [4.78, 5) is 15.9. The maximum absolute atomic E-state index is 12.3. The number of benzene rings is 2. The molecule has 0 aliphatic carbocycles. The molecule has 1 heterocycles. The molecule has 0 unspecified atom stereocenters. The number of hydrogen-bond acceptors (Lipinski definition) is 3. The molecule has 3 rings (SSSR count). The van der Waals surface area contributed by atoms with Crippen molar-refractivity contribution in [3.05, 3.63) is 59.1 Å². The number of nitrogens with zero attached hydrogens (tertiary/aromatic N) is 1. The van der Waals surface area contributed by atoms with Crippen molar-refractivity contribution in [2.75, 3.05) is 44.7 Å². The molecule has 0 saturated carbocycles. The predicted octanol–water partition coefficient (Wildman–Crippen LogP) is 1.37. The number of para-hydroxylation sites is 1. The number of carbonyl (C=O) groups is 1. The van der Waals surface area contributed by atoms with Crippen LogP contribution in [0.1, 0.15) is 5.56 Å². The Morgan fingerprint density at radius 3 is 2.69 bits per heavy atom. The van der Waals surface area contributed by atoms with Gasteiger partial charge in [-0.1, -0.05) is 35.9 Å². The van der Waals surface area contributed by atoms with Gasteiger partial charge in [-0.25, -0.2) is 0 Å².